The van der Waals surface area contributed by atoms with Crippen LogP contribution in [-0.2, 0) is 16.6 Å². The summed E-state index contributed by atoms with van der Waals surface area (Å²) in [5, 5.41) is 24.7. The highest BCUT2D eigenvalue weighted by Gasteiger charge is 2.30. The lowest BCUT2D eigenvalue weighted by atomic mass is 10.2. The Morgan fingerprint density at radius 3 is 2.59 bits per heavy atom. The number of sulfonamides is 1. The number of nitro groups is 1. The first-order valence-corrected chi connectivity index (χ1v) is 11.7. The Labute approximate surface area is 187 Å². The molecule has 2 N–H and O–H groups in total. The minimum atomic E-state index is -3.78. The summed E-state index contributed by atoms with van der Waals surface area (Å²) in [6, 6.07) is 11.0. The maximum atomic E-state index is 12.7. The Hall–Kier alpha value is -2.73. The highest BCUT2D eigenvalue weighted by molar-refractivity contribution is 7.89. The third-order valence-electron chi connectivity index (χ3n) is 5.15. The van der Waals surface area contributed by atoms with E-state index in [0.717, 1.165) is 30.2 Å². The molecule has 0 amide bonds. The maximum Gasteiger partial charge on any atom is 0.312 e. The molecule has 0 saturated carbocycles. The summed E-state index contributed by atoms with van der Waals surface area (Å²) in [7, 11) is -2.20. The zero-order chi connectivity index (χ0) is 23.1. The van der Waals surface area contributed by atoms with Crippen molar-refractivity contribution in [3.05, 3.63) is 58.1 Å². The van der Waals surface area contributed by atoms with Gasteiger partial charge in [-0.05, 0) is 31.0 Å². The van der Waals surface area contributed by atoms with Gasteiger partial charge in [0.15, 0.2) is 5.75 Å². The molecular weight excluding hydrogens is 438 g/mol. The fourth-order valence-electron chi connectivity index (χ4n) is 3.47. The highest BCUT2D eigenvalue weighted by atomic mass is 32.2. The standard InChI is InChI=1S/C21H27N3O7S/c1-30-20-7-3-2-6-16(20)13-22-14-17(25)15-31-21-9-8-18(12-19(21)24(26)27)32(28,29)23-10-4-5-11-23/h2-3,6-9,12,17,22,25H,4-5,10-11,13-15H2,1H3/t17-/m1/s1. The van der Waals surface area contributed by atoms with Crippen molar-refractivity contribution in [3.63, 3.8) is 0 Å². The number of nitrogens with zero attached hydrogens (tertiary/aromatic N) is 2. The second kappa shape index (κ2) is 10.7. The van der Waals surface area contributed by atoms with Crippen molar-refractivity contribution in [2.24, 2.45) is 0 Å². The molecule has 11 heteroatoms. The van der Waals surface area contributed by atoms with Crippen molar-refractivity contribution < 1.29 is 27.9 Å². The fraction of sp³-hybridized carbons (Fsp3) is 0.429. The van der Waals surface area contributed by atoms with E-state index in [2.05, 4.69) is 5.32 Å². The topological polar surface area (TPSA) is 131 Å². The van der Waals surface area contributed by atoms with Crippen molar-refractivity contribution in [3.8, 4) is 11.5 Å². The molecule has 0 bridgehead atoms. The van der Waals surface area contributed by atoms with E-state index in [1.165, 1.54) is 16.4 Å². The number of nitro benzene ring substituents is 1. The summed E-state index contributed by atoms with van der Waals surface area (Å²) in [5.74, 6) is 0.629. The van der Waals surface area contributed by atoms with Crippen LogP contribution in [0.25, 0.3) is 0 Å². The average molecular weight is 466 g/mol. The normalized spacial score (nSPS) is 15.4. The van der Waals surface area contributed by atoms with E-state index in [-0.39, 0.29) is 23.8 Å². The van der Waals surface area contributed by atoms with Crippen LogP contribution in [-0.4, -0.2) is 62.2 Å². The van der Waals surface area contributed by atoms with Crippen LogP contribution in [0.5, 0.6) is 11.5 Å². The number of para-hydroxylation sites is 1. The van der Waals surface area contributed by atoms with E-state index < -0.39 is 26.7 Å². The third kappa shape index (κ3) is 5.74. The van der Waals surface area contributed by atoms with Crippen molar-refractivity contribution in [2.45, 2.75) is 30.4 Å². The van der Waals surface area contributed by atoms with Gasteiger partial charge in [0, 0.05) is 37.8 Å². The van der Waals surface area contributed by atoms with Gasteiger partial charge in [-0.15, -0.1) is 0 Å². The number of methoxy groups -OCH3 is 1. The Balaban J connectivity index is 1.59. The molecule has 1 saturated heterocycles. The van der Waals surface area contributed by atoms with E-state index in [1.807, 2.05) is 24.3 Å². The zero-order valence-electron chi connectivity index (χ0n) is 17.8. The molecule has 32 heavy (non-hydrogen) atoms. The quantitative estimate of drug-likeness (QED) is 0.380. The SMILES string of the molecule is COc1ccccc1CNC[C@@H](O)COc1ccc(S(=O)(=O)N2CCCC2)cc1[N+](=O)[O-]. The molecule has 10 nitrogen and oxygen atoms in total. The van der Waals surface area contributed by atoms with E-state index in [4.69, 9.17) is 9.47 Å². The van der Waals surface area contributed by atoms with Crippen LogP contribution < -0.4 is 14.8 Å². The zero-order valence-corrected chi connectivity index (χ0v) is 18.6. The van der Waals surface area contributed by atoms with E-state index in [0.29, 0.717) is 19.6 Å². The van der Waals surface area contributed by atoms with Crippen molar-refractivity contribution in [2.75, 3.05) is 33.4 Å². The second-order valence-corrected chi connectivity index (χ2v) is 9.34. The molecule has 3 rings (SSSR count). The minimum absolute atomic E-state index is 0.0980. The second-order valence-electron chi connectivity index (χ2n) is 7.41. The number of aliphatic hydroxyl groups is 1. The molecule has 0 spiro atoms. The molecule has 1 fully saturated rings. The predicted molar refractivity (Wildman–Crippen MR) is 117 cm³/mol. The average Bonchev–Trinajstić information content (AvgIpc) is 3.34. The molecule has 1 atom stereocenters. The third-order valence-corrected chi connectivity index (χ3v) is 7.04. The van der Waals surface area contributed by atoms with Gasteiger partial charge in [0.2, 0.25) is 10.0 Å². The van der Waals surface area contributed by atoms with Gasteiger partial charge in [0.25, 0.3) is 0 Å². The summed E-state index contributed by atoms with van der Waals surface area (Å²) < 4.78 is 37.4. The van der Waals surface area contributed by atoms with Crippen LogP contribution in [0.4, 0.5) is 5.69 Å². The number of ether oxygens (including phenoxy) is 2. The molecule has 0 aromatic heterocycles. The summed E-state index contributed by atoms with van der Waals surface area (Å²) >= 11 is 0. The molecular formula is C21H27N3O7S. The Kier molecular flexibility index (Phi) is 8.02. The molecule has 0 radical (unpaired) electrons. The van der Waals surface area contributed by atoms with E-state index >= 15 is 0 Å². The monoisotopic (exact) mass is 465 g/mol. The molecule has 1 aliphatic rings. The summed E-state index contributed by atoms with van der Waals surface area (Å²) in [4.78, 5) is 10.7. The first-order valence-electron chi connectivity index (χ1n) is 10.2. The minimum Gasteiger partial charge on any atom is -0.496 e. The summed E-state index contributed by atoms with van der Waals surface area (Å²) in [5.41, 5.74) is 0.466. The van der Waals surface area contributed by atoms with Gasteiger partial charge in [-0.25, -0.2) is 8.42 Å². The van der Waals surface area contributed by atoms with E-state index in [1.54, 1.807) is 7.11 Å². The van der Waals surface area contributed by atoms with Crippen LogP contribution >= 0.6 is 0 Å². The molecule has 0 unspecified atom stereocenters. The van der Waals surface area contributed by atoms with Crippen LogP contribution in [0.2, 0.25) is 0 Å². The van der Waals surface area contributed by atoms with Crippen LogP contribution in [0.15, 0.2) is 47.4 Å². The van der Waals surface area contributed by atoms with Gasteiger partial charge in [0.1, 0.15) is 18.5 Å². The number of hydrogen-bond donors (Lipinski definition) is 2. The van der Waals surface area contributed by atoms with Gasteiger partial charge in [-0.1, -0.05) is 18.2 Å². The van der Waals surface area contributed by atoms with Gasteiger partial charge in [0.05, 0.1) is 16.9 Å². The number of hydrogen-bond acceptors (Lipinski definition) is 8. The van der Waals surface area contributed by atoms with Gasteiger partial charge in [-0.2, -0.15) is 4.31 Å². The number of rotatable bonds is 11. The smallest absolute Gasteiger partial charge is 0.312 e. The Morgan fingerprint density at radius 2 is 1.91 bits per heavy atom. The first kappa shape index (κ1) is 23.9. The Bertz CT molecular complexity index is 1040. The predicted octanol–water partition coefficient (Wildman–Crippen LogP) is 1.92. The fourth-order valence-corrected chi connectivity index (χ4v) is 5.00. The van der Waals surface area contributed by atoms with Gasteiger partial charge >= 0.3 is 5.69 Å². The van der Waals surface area contributed by atoms with Crippen molar-refractivity contribution in [1.82, 2.24) is 9.62 Å². The number of nitrogens with one attached hydrogen (secondary N) is 1. The number of aliphatic hydroxyl groups excluding tert-OH is 1. The lowest BCUT2D eigenvalue weighted by Crippen LogP contribution is -2.31. The molecule has 174 valence electrons. The van der Waals surface area contributed by atoms with Crippen LogP contribution in [0.3, 0.4) is 0 Å². The Morgan fingerprint density at radius 1 is 1.19 bits per heavy atom. The largest absolute Gasteiger partial charge is 0.496 e. The first-order chi connectivity index (χ1) is 15.3. The summed E-state index contributed by atoms with van der Waals surface area (Å²) in [6.45, 7) is 1.26. The molecule has 2 aromatic carbocycles. The van der Waals surface area contributed by atoms with Crippen molar-refractivity contribution >= 4 is 15.7 Å². The highest BCUT2D eigenvalue weighted by Crippen LogP contribution is 2.32. The molecule has 2 aromatic rings. The maximum absolute atomic E-state index is 12.7. The van der Waals surface area contributed by atoms with Crippen LogP contribution in [0, 0.1) is 10.1 Å². The molecule has 0 aliphatic carbocycles. The summed E-state index contributed by atoms with van der Waals surface area (Å²) in [6.07, 6.45) is 0.606. The van der Waals surface area contributed by atoms with E-state index in [9.17, 15) is 23.6 Å². The van der Waals surface area contributed by atoms with Crippen LogP contribution in [0.1, 0.15) is 18.4 Å². The lowest BCUT2D eigenvalue weighted by Gasteiger charge is -2.17. The molecule has 1 aliphatic heterocycles. The van der Waals surface area contributed by atoms with Crippen molar-refractivity contribution in [1.29, 1.82) is 0 Å². The lowest BCUT2D eigenvalue weighted by molar-refractivity contribution is -0.386. The van der Waals surface area contributed by atoms with Gasteiger partial charge in [-0.3, -0.25) is 10.1 Å². The number of benzene rings is 2. The van der Waals surface area contributed by atoms with Gasteiger partial charge < -0.3 is 19.9 Å². The molecule has 1 heterocycles.